The first-order chi connectivity index (χ1) is 10.3. The molecule has 2 unspecified atom stereocenters. The second kappa shape index (κ2) is 9.31. The summed E-state index contributed by atoms with van der Waals surface area (Å²) >= 11 is 5.57. The molecule has 0 saturated carbocycles. The van der Waals surface area contributed by atoms with E-state index in [-0.39, 0.29) is 33.2 Å². The van der Waals surface area contributed by atoms with Crippen LogP contribution in [0.3, 0.4) is 0 Å². The van der Waals surface area contributed by atoms with Crippen LogP contribution in [0.2, 0.25) is 0 Å². The number of carboxylic acid groups (broad SMARTS) is 1. The van der Waals surface area contributed by atoms with Gasteiger partial charge in [0, 0.05) is 0 Å². The van der Waals surface area contributed by atoms with E-state index >= 15 is 0 Å². The number of hydrogen-bond acceptors (Lipinski definition) is 4. The number of carbonyl (C=O) groups is 1. The molecule has 3 N–H and O–H groups in total. The van der Waals surface area contributed by atoms with Gasteiger partial charge in [-0.1, -0.05) is 0 Å². The van der Waals surface area contributed by atoms with Crippen molar-refractivity contribution in [1.82, 2.24) is 16.1 Å². The van der Waals surface area contributed by atoms with Gasteiger partial charge in [-0.2, -0.15) is 0 Å². The molecule has 0 aromatic carbocycles. The minimum absolute atomic E-state index is 0.188. The summed E-state index contributed by atoms with van der Waals surface area (Å²) in [6.07, 6.45) is 3.60. The normalized spacial score (nSPS) is 25.2. The van der Waals surface area contributed by atoms with Crippen molar-refractivity contribution < 1.29 is 35.7 Å². The van der Waals surface area contributed by atoms with Crippen molar-refractivity contribution >= 4 is 23.3 Å². The molecule has 6 nitrogen and oxygen atoms in total. The number of rotatable bonds is 10. The van der Waals surface area contributed by atoms with E-state index in [4.69, 9.17) is 12.2 Å². The molecule has 22 heavy (non-hydrogen) atoms. The topological polar surface area (TPSA) is 64.6 Å². The third-order valence-electron chi connectivity index (χ3n) is 4.12. The number of halogens is 1. The van der Waals surface area contributed by atoms with E-state index in [2.05, 4.69) is 24.8 Å². The molecule has 130 valence electrons. The Hall–Kier alpha value is -0.0300. The molecule has 0 spiro atoms. The molecule has 1 aliphatic heterocycles. The average Bonchev–Trinajstić information content (AvgIpc) is 2.71. The van der Waals surface area contributed by atoms with Crippen molar-refractivity contribution in [1.29, 1.82) is 0 Å². The second-order valence-corrected chi connectivity index (χ2v) is 9.59. The average molecular weight is 444 g/mol. The van der Waals surface area contributed by atoms with Gasteiger partial charge in [-0.15, -0.1) is 0 Å². The Bertz CT molecular complexity index is 399. The fraction of sp³-hybridized carbons (Fsp3) is 0.857. The zero-order valence-corrected chi connectivity index (χ0v) is 16.9. The summed E-state index contributed by atoms with van der Waals surface area (Å²) in [5.74, 6) is -0.866. The van der Waals surface area contributed by atoms with E-state index in [1.54, 1.807) is 5.12 Å². The monoisotopic (exact) mass is 444 g/mol. The molecule has 1 heterocycles. The Kier molecular flexibility index (Phi) is 8.47. The van der Waals surface area contributed by atoms with Crippen LogP contribution in [0.4, 0.5) is 0 Å². The number of nitrogens with zero attached hydrogens (tertiary/aromatic N) is 2. The van der Waals surface area contributed by atoms with Crippen molar-refractivity contribution in [3.05, 3.63) is 0 Å². The van der Waals surface area contributed by atoms with Crippen LogP contribution < -0.4 is 32.2 Å². The van der Waals surface area contributed by atoms with Gasteiger partial charge in [0.15, 0.2) is 0 Å². The number of alkyl halides is 2. The molecule has 1 saturated heterocycles. The van der Waals surface area contributed by atoms with Crippen LogP contribution in [0.1, 0.15) is 39.5 Å². The summed E-state index contributed by atoms with van der Waals surface area (Å²) in [6.45, 7) is 4.31. The quantitative estimate of drug-likeness (QED) is 0.123. The van der Waals surface area contributed by atoms with Crippen LogP contribution in [0.25, 0.3) is 0 Å². The van der Waals surface area contributed by atoms with Gasteiger partial charge in [0.2, 0.25) is 0 Å². The molecule has 1 aliphatic rings. The molecule has 0 aliphatic carbocycles. The fourth-order valence-electron chi connectivity index (χ4n) is 2.46. The van der Waals surface area contributed by atoms with Gasteiger partial charge in [0.25, 0.3) is 0 Å². The van der Waals surface area contributed by atoms with Crippen molar-refractivity contribution in [3.8, 4) is 0 Å². The molecule has 1 rings (SSSR count). The number of hydrazine groups is 2. The van der Waals surface area contributed by atoms with Crippen LogP contribution in [-0.4, -0.2) is 54.9 Å². The van der Waals surface area contributed by atoms with Crippen LogP contribution in [0.5, 0.6) is 0 Å². The summed E-state index contributed by atoms with van der Waals surface area (Å²) in [5, 5.41) is 11.9. The molecule has 0 radical (unpaired) electrons. The molecule has 3 atom stereocenters. The Morgan fingerprint density at radius 3 is 2.59 bits per heavy atom. The molecular formula is C14H29IN4O2S. The number of thiocarbonyl (C=S) groups is 1. The Morgan fingerprint density at radius 2 is 2.09 bits per heavy atom. The van der Waals surface area contributed by atoms with Gasteiger partial charge in [0.1, 0.15) is 0 Å². The number of carboxylic acids is 1. The van der Waals surface area contributed by atoms with Crippen LogP contribution in [0, 0.1) is 5.92 Å². The van der Waals surface area contributed by atoms with Crippen molar-refractivity contribution in [3.63, 3.8) is 0 Å². The van der Waals surface area contributed by atoms with E-state index in [1.165, 1.54) is 10.8 Å². The van der Waals surface area contributed by atoms with Gasteiger partial charge in [-0.05, 0) is 0 Å². The number of nitrogens with one attached hydrogen (secondary N) is 2. The summed E-state index contributed by atoms with van der Waals surface area (Å²) in [4.78, 5) is 11.4. The molecule has 0 bridgehead atoms. The fourth-order valence-corrected chi connectivity index (χ4v) is 5.31. The van der Waals surface area contributed by atoms with Crippen LogP contribution in [0.15, 0.2) is 0 Å². The third-order valence-corrected chi connectivity index (χ3v) is 7.82. The summed E-state index contributed by atoms with van der Waals surface area (Å²) < 4.78 is 2.85. The summed E-state index contributed by atoms with van der Waals surface area (Å²) in [7, 11) is 3.89. The first kappa shape index (κ1) is 20.0. The second-order valence-electron chi connectivity index (χ2n) is 5.97. The first-order valence-electron chi connectivity index (χ1n) is 7.76. The Labute approximate surface area is 149 Å². The SMILES string of the molecule is CCC[I-]CC[C@H](CCC(C)[N+]1(C)NN(C)NC1=S)C(=O)O. The predicted molar refractivity (Wildman–Crippen MR) is 87.3 cm³/mol. The van der Waals surface area contributed by atoms with Gasteiger partial charge in [0.05, 0.1) is 0 Å². The zero-order valence-electron chi connectivity index (χ0n) is 13.9. The molecule has 0 aromatic rings. The maximum absolute atomic E-state index is 11.4. The van der Waals surface area contributed by atoms with Crippen LogP contribution in [-0.2, 0) is 4.79 Å². The maximum atomic E-state index is 11.4. The van der Waals surface area contributed by atoms with Gasteiger partial charge >= 0.3 is 150 Å². The van der Waals surface area contributed by atoms with Crippen molar-refractivity contribution in [2.45, 2.75) is 45.6 Å². The van der Waals surface area contributed by atoms with Crippen molar-refractivity contribution in [2.24, 2.45) is 5.92 Å². The molecule has 0 aromatic heterocycles. The summed E-state index contributed by atoms with van der Waals surface area (Å²) in [5.41, 5.74) is 6.33. The molecule has 0 amide bonds. The standard InChI is InChI=1S/C14H29IN4O2S/c1-5-9-15-10-8-12(13(20)21)7-6-11(2)19(4)14(22)16-18(3)17-19/h11-12,17H,5-10H2,1-4H3,(H,16,22)(H,20,21)/t11?,12-,19?/m0/s1. The number of hydrogen-bond donors (Lipinski definition) is 3. The van der Waals surface area contributed by atoms with E-state index in [0.29, 0.717) is 11.0 Å². The number of quaternary nitrogens is 1. The van der Waals surface area contributed by atoms with Gasteiger partial charge < -0.3 is 0 Å². The van der Waals surface area contributed by atoms with Crippen LogP contribution >= 0.6 is 12.2 Å². The zero-order chi connectivity index (χ0) is 16.8. The number of aliphatic carboxylic acids is 1. The van der Waals surface area contributed by atoms with E-state index in [0.717, 1.165) is 22.4 Å². The molecule has 8 heteroatoms. The minimum atomic E-state index is -0.650. The van der Waals surface area contributed by atoms with E-state index < -0.39 is 5.97 Å². The van der Waals surface area contributed by atoms with E-state index in [9.17, 15) is 9.90 Å². The van der Waals surface area contributed by atoms with Gasteiger partial charge in [-0.3, -0.25) is 0 Å². The molecule has 1 fully saturated rings. The summed E-state index contributed by atoms with van der Waals surface area (Å²) in [6, 6.07) is 0.220. The first-order valence-corrected chi connectivity index (χ1v) is 11.2. The Balaban J connectivity index is 2.47. The molecular weight excluding hydrogens is 415 g/mol. The Morgan fingerprint density at radius 1 is 1.41 bits per heavy atom. The van der Waals surface area contributed by atoms with E-state index in [1.807, 2.05) is 14.1 Å². The van der Waals surface area contributed by atoms with Gasteiger partial charge in [-0.25, -0.2) is 0 Å². The van der Waals surface area contributed by atoms with Crippen molar-refractivity contribution in [2.75, 3.05) is 23.0 Å². The predicted octanol–water partition coefficient (Wildman–Crippen LogP) is -1.65. The third kappa shape index (κ3) is 5.55.